The monoisotopic (exact) mass is 526 g/mol. The highest BCUT2D eigenvalue weighted by atomic mass is 32.2. The number of carbonyl (C=O) groups excluding carboxylic acids is 2. The van der Waals surface area contributed by atoms with E-state index in [1.807, 2.05) is 0 Å². The molecule has 0 saturated heterocycles. The minimum Gasteiger partial charge on any atom is -0.495 e. The van der Waals surface area contributed by atoms with Gasteiger partial charge in [-0.2, -0.15) is 0 Å². The zero-order valence-electron chi connectivity index (χ0n) is 20.7. The summed E-state index contributed by atoms with van der Waals surface area (Å²) in [5.74, 6) is -1.94. The fraction of sp³-hybridized carbons (Fsp3) is 0.259. The number of fused-ring (bicyclic) bond motifs is 1. The smallest absolute Gasteiger partial charge is 0.341 e. The second-order valence-electron chi connectivity index (χ2n) is 8.55. The van der Waals surface area contributed by atoms with Crippen molar-refractivity contribution in [3.8, 4) is 5.75 Å². The molecule has 1 aliphatic rings. The molecule has 0 aromatic heterocycles. The quantitative estimate of drug-likeness (QED) is 0.448. The van der Waals surface area contributed by atoms with Crippen molar-refractivity contribution in [3.05, 3.63) is 82.7 Å². The number of benzene rings is 3. The molecule has 10 heteroatoms. The first kappa shape index (κ1) is 26.2. The molecule has 0 radical (unpaired) electrons. The molecule has 0 saturated carbocycles. The molecule has 0 unspecified atom stereocenters. The lowest BCUT2D eigenvalue weighted by atomic mass is 10.0. The summed E-state index contributed by atoms with van der Waals surface area (Å²) < 4.78 is 53.2. The first-order chi connectivity index (χ1) is 17.6. The van der Waals surface area contributed by atoms with Gasteiger partial charge < -0.3 is 14.8 Å². The highest BCUT2D eigenvalue weighted by Crippen LogP contribution is 2.36. The Morgan fingerprint density at radius 3 is 2.57 bits per heavy atom. The molecule has 37 heavy (non-hydrogen) atoms. The summed E-state index contributed by atoms with van der Waals surface area (Å²) in [5, 5.41) is 2.60. The van der Waals surface area contributed by atoms with E-state index in [-0.39, 0.29) is 40.6 Å². The summed E-state index contributed by atoms with van der Waals surface area (Å²) >= 11 is 0. The van der Waals surface area contributed by atoms with Crippen LogP contribution in [0.3, 0.4) is 0 Å². The van der Waals surface area contributed by atoms with Crippen LogP contribution in [-0.4, -0.2) is 40.6 Å². The number of esters is 1. The van der Waals surface area contributed by atoms with Crippen LogP contribution in [0.15, 0.2) is 59.5 Å². The number of aryl methyl sites for hydroxylation is 2. The van der Waals surface area contributed by atoms with Crippen molar-refractivity contribution in [2.24, 2.45) is 0 Å². The number of hydrogen-bond acceptors (Lipinski definition) is 6. The van der Waals surface area contributed by atoms with Crippen molar-refractivity contribution in [3.63, 3.8) is 0 Å². The fourth-order valence-corrected chi connectivity index (χ4v) is 5.98. The normalized spacial score (nSPS) is 13.0. The third-order valence-corrected chi connectivity index (χ3v) is 7.87. The zero-order chi connectivity index (χ0) is 26.7. The maximum atomic E-state index is 14.4. The molecule has 0 spiro atoms. The van der Waals surface area contributed by atoms with E-state index >= 15 is 0 Å². The van der Waals surface area contributed by atoms with E-state index in [1.165, 1.54) is 29.6 Å². The number of amides is 1. The number of ether oxygens (including phenoxy) is 2. The van der Waals surface area contributed by atoms with Gasteiger partial charge in [-0.05, 0) is 80.3 Å². The Hall–Kier alpha value is -3.92. The molecule has 1 heterocycles. The first-order valence-corrected chi connectivity index (χ1v) is 13.2. The summed E-state index contributed by atoms with van der Waals surface area (Å²) in [7, 11) is -2.57. The molecule has 0 aliphatic carbocycles. The number of nitrogens with one attached hydrogen (secondary N) is 1. The predicted octanol–water partition coefficient (Wildman–Crippen LogP) is 4.71. The third-order valence-electron chi connectivity index (χ3n) is 6.03. The van der Waals surface area contributed by atoms with E-state index in [0.717, 1.165) is 17.2 Å². The van der Waals surface area contributed by atoms with Gasteiger partial charge >= 0.3 is 5.97 Å². The van der Waals surface area contributed by atoms with Crippen LogP contribution in [-0.2, 0) is 21.2 Å². The number of anilines is 2. The number of methoxy groups -OCH3 is 1. The third kappa shape index (κ3) is 5.29. The van der Waals surface area contributed by atoms with Gasteiger partial charge in [0.1, 0.15) is 16.5 Å². The molecule has 0 bridgehead atoms. The van der Waals surface area contributed by atoms with Gasteiger partial charge in [0.2, 0.25) is 0 Å². The molecule has 4 rings (SSSR count). The summed E-state index contributed by atoms with van der Waals surface area (Å²) in [4.78, 5) is 24.9. The minimum absolute atomic E-state index is 0.0508. The van der Waals surface area contributed by atoms with E-state index in [2.05, 4.69) is 5.32 Å². The maximum Gasteiger partial charge on any atom is 0.341 e. The summed E-state index contributed by atoms with van der Waals surface area (Å²) in [5.41, 5.74) is 2.08. The lowest BCUT2D eigenvalue weighted by molar-refractivity contribution is 0.0521. The lowest BCUT2D eigenvalue weighted by Gasteiger charge is -2.31. The van der Waals surface area contributed by atoms with Crippen LogP contribution in [0.2, 0.25) is 0 Å². The van der Waals surface area contributed by atoms with Crippen molar-refractivity contribution >= 4 is 33.3 Å². The van der Waals surface area contributed by atoms with Crippen molar-refractivity contribution < 1.29 is 31.9 Å². The van der Waals surface area contributed by atoms with Crippen LogP contribution in [0.4, 0.5) is 15.8 Å². The molecule has 0 fully saturated rings. The summed E-state index contributed by atoms with van der Waals surface area (Å²) in [6.45, 7) is 3.77. The SMILES string of the molecule is CCOC(=O)c1ccc(NC(=O)c2ccc3c(c2)N(S(=O)(=O)c2cc(C)ccc2OC)CCC3)cc1F. The highest BCUT2D eigenvalue weighted by molar-refractivity contribution is 7.93. The Balaban J connectivity index is 1.64. The first-order valence-electron chi connectivity index (χ1n) is 11.7. The van der Waals surface area contributed by atoms with Gasteiger partial charge in [-0.15, -0.1) is 0 Å². The molecular weight excluding hydrogens is 499 g/mol. The summed E-state index contributed by atoms with van der Waals surface area (Å²) in [6, 6.07) is 13.5. The predicted molar refractivity (Wildman–Crippen MR) is 137 cm³/mol. The number of nitrogens with zero attached hydrogens (tertiary/aromatic N) is 1. The van der Waals surface area contributed by atoms with Crippen molar-refractivity contribution in [2.75, 3.05) is 29.9 Å². The maximum absolute atomic E-state index is 14.4. The van der Waals surface area contributed by atoms with Crippen LogP contribution in [0.1, 0.15) is 45.2 Å². The minimum atomic E-state index is -3.98. The lowest BCUT2D eigenvalue weighted by Crippen LogP contribution is -2.36. The van der Waals surface area contributed by atoms with Crippen LogP contribution >= 0.6 is 0 Å². The van der Waals surface area contributed by atoms with Gasteiger partial charge in [-0.1, -0.05) is 12.1 Å². The second kappa shape index (κ2) is 10.6. The second-order valence-corrected chi connectivity index (χ2v) is 10.4. The molecule has 3 aromatic carbocycles. The van der Waals surface area contributed by atoms with E-state index in [0.29, 0.717) is 18.5 Å². The van der Waals surface area contributed by atoms with Crippen molar-refractivity contribution in [1.82, 2.24) is 0 Å². The zero-order valence-corrected chi connectivity index (χ0v) is 21.5. The molecule has 0 atom stereocenters. The Labute approximate surface area is 215 Å². The largest absolute Gasteiger partial charge is 0.495 e. The average molecular weight is 527 g/mol. The van der Waals surface area contributed by atoms with Gasteiger partial charge in [0, 0.05) is 17.8 Å². The van der Waals surface area contributed by atoms with Crippen LogP contribution in [0.25, 0.3) is 0 Å². The van der Waals surface area contributed by atoms with Crippen molar-refractivity contribution in [1.29, 1.82) is 0 Å². The molecular formula is C27H27FN2O6S. The topological polar surface area (TPSA) is 102 Å². The molecule has 3 aromatic rings. The standard InChI is InChI=1S/C27H27FN2O6S/c1-4-36-27(32)21-11-10-20(16-22(21)28)29-26(31)19-9-8-18-6-5-13-30(23(18)15-19)37(33,34)25-14-17(2)7-12-24(25)35-3/h7-12,14-16H,4-6,13H2,1-3H3,(H,29,31). The Morgan fingerprint density at radius 1 is 1.08 bits per heavy atom. The van der Waals surface area contributed by atoms with Crippen LogP contribution < -0.4 is 14.4 Å². The number of carbonyl (C=O) groups is 2. The van der Waals surface area contributed by atoms with Gasteiger partial charge in [0.25, 0.3) is 15.9 Å². The van der Waals surface area contributed by atoms with Crippen LogP contribution in [0.5, 0.6) is 5.75 Å². The molecule has 194 valence electrons. The van der Waals surface area contributed by atoms with Crippen molar-refractivity contribution in [2.45, 2.75) is 31.6 Å². The number of halogens is 1. The van der Waals surface area contributed by atoms with E-state index < -0.39 is 27.7 Å². The Kier molecular flexibility index (Phi) is 7.49. The average Bonchev–Trinajstić information content (AvgIpc) is 2.88. The Morgan fingerprint density at radius 2 is 1.86 bits per heavy atom. The number of rotatable bonds is 7. The van der Waals surface area contributed by atoms with Gasteiger partial charge in [-0.3, -0.25) is 9.10 Å². The fourth-order valence-electron chi connectivity index (χ4n) is 4.21. The van der Waals surface area contributed by atoms with E-state index in [4.69, 9.17) is 9.47 Å². The molecule has 1 amide bonds. The molecule has 1 aliphatic heterocycles. The van der Waals surface area contributed by atoms with Crippen LogP contribution in [0, 0.1) is 12.7 Å². The summed E-state index contributed by atoms with van der Waals surface area (Å²) in [6.07, 6.45) is 1.28. The number of sulfonamides is 1. The molecule has 1 N–H and O–H groups in total. The van der Waals surface area contributed by atoms with Gasteiger partial charge in [-0.25, -0.2) is 17.6 Å². The molecule has 8 nitrogen and oxygen atoms in total. The number of hydrogen-bond donors (Lipinski definition) is 1. The highest BCUT2D eigenvalue weighted by Gasteiger charge is 2.32. The van der Waals surface area contributed by atoms with E-state index in [1.54, 1.807) is 44.2 Å². The van der Waals surface area contributed by atoms with Gasteiger partial charge in [0.05, 0.1) is 25.0 Å². The Bertz CT molecular complexity index is 1470. The van der Waals surface area contributed by atoms with E-state index in [9.17, 15) is 22.4 Å². The van der Waals surface area contributed by atoms with Gasteiger partial charge in [0.15, 0.2) is 0 Å².